The highest BCUT2D eigenvalue weighted by molar-refractivity contribution is 5.86. The average molecular weight is 329 g/mol. The Hall–Kier alpha value is -2.89. The number of carbonyl (C=O) groups excluding carboxylic acids is 1. The molecule has 0 aliphatic carbocycles. The van der Waals surface area contributed by atoms with Crippen molar-refractivity contribution in [3.63, 3.8) is 0 Å². The quantitative estimate of drug-likeness (QED) is 0.799. The molecule has 1 aliphatic heterocycles. The first-order chi connectivity index (χ1) is 11.7. The molecule has 6 heteroatoms. The van der Waals surface area contributed by atoms with Gasteiger partial charge in [-0.2, -0.15) is 0 Å². The van der Waals surface area contributed by atoms with E-state index in [1.165, 1.54) is 11.2 Å². The summed E-state index contributed by atoms with van der Waals surface area (Å²) in [6.45, 7) is 6.81. The topological polar surface area (TPSA) is 61.1 Å². The predicted octanol–water partition coefficient (Wildman–Crippen LogP) is 4.07. The highest BCUT2D eigenvalue weighted by atomic mass is 16.7. The van der Waals surface area contributed by atoms with Crippen LogP contribution in [-0.2, 0) is 4.74 Å². The zero-order valence-electron chi connectivity index (χ0n) is 13.5. The van der Waals surface area contributed by atoms with Crippen LogP contribution in [0.15, 0.2) is 47.6 Å². The van der Waals surface area contributed by atoms with Gasteiger partial charge < -0.3 is 18.6 Å². The Balaban J connectivity index is 1.67. The fraction of sp³-hybridized carbons (Fsp3) is 0.278. The van der Waals surface area contributed by atoms with Gasteiger partial charge in [0.1, 0.15) is 0 Å². The molecule has 1 aromatic carbocycles. The van der Waals surface area contributed by atoms with Gasteiger partial charge in [-0.15, -0.1) is 0 Å². The molecule has 6 nitrogen and oxygen atoms in total. The molecule has 0 bridgehead atoms. The van der Waals surface area contributed by atoms with Crippen molar-refractivity contribution in [2.45, 2.75) is 13.3 Å². The molecule has 1 aliphatic rings. The largest absolute Gasteiger partial charge is 0.454 e. The van der Waals surface area contributed by atoms with Gasteiger partial charge in [-0.3, -0.25) is 0 Å². The molecule has 24 heavy (non-hydrogen) atoms. The normalized spacial score (nSPS) is 12.0. The number of fused-ring (bicyclic) bond motifs is 1. The van der Waals surface area contributed by atoms with Crippen LogP contribution < -0.4 is 14.4 Å². The predicted molar refractivity (Wildman–Crippen MR) is 89.3 cm³/mol. The van der Waals surface area contributed by atoms with E-state index in [1.807, 2.05) is 18.2 Å². The lowest BCUT2D eigenvalue weighted by Gasteiger charge is -2.19. The molecule has 0 N–H and O–H groups in total. The standard InChI is InChI=1S/C18H19NO5/c1-3-21-18(20)19(17-5-4-10-22-17)9-8-13(2)14-6-7-15-16(11-14)24-12-23-15/h4-7,10-11H,2-3,8-9,12H2,1H3. The molecule has 0 saturated heterocycles. The fourth-order valence-corrected chi connectivity index (χ4v) is 2.42. The van der Waals surface area contributed by atoms with E-state index < -0.39 is 6.09 Å². The van der Waals surface area contributed by atoms with E-state index >= 15 is 0 Å². The smallest absolute Gasteiger partial charge is 0.416 e. The Morgan fingerprint density at radius 3 is 2.88 bits per heavy atom. The third-order valence-corrected chi connectivity index (χ3v) is 3.68. The van der Waals surface area contributed by atoms with Crippen LogP contribution in [0, 0.1) is 0 Å². The van der Waals surface area contributed by atoms with Crippen molar-refractivity contribution < 1.29 is 23.4 Å². The zero-order valence-corrected chi connectivity index (χ0v) is 13.5. The second-order valence-electron chi connectivity index (χ2n) is 5.22. The number of anilines is 1. The van der Waals surface area contributed by atoms with Gasteiger partial charge in [0.25, 0.3) is 0 Å². The molecule has 126 valence electrons. The Kier molecular flexibility index (Phi) is 4.74. The lowest BCUT2D eigenvalue weighted by molar-refractivity contribution is 0.158. The Morgan fingerprint density at radius 2 is 2.12 bits per heavy atom. The van der Waals surface area contributed by atoms with Crippen LogP contribution in [0.3, 0.4) is 0 Å². The molecule has 1 aromatic heterocycles. The summed E-state index contributed by atoms with van der Waals surface area (Å²) in [6, 6.07) is 9.14. The van der Waals surface area contributed by atoms with Crippen LogP contribution in [0.1, 0.15) is 18.9 Å². The molecule has 0 saturated carbocycles. The van der Waals surface area contributed by atoms with Crippen LogP contribution in [0.25, 0.3) is 5.57 Å². The van der Waals surface area contributed by atoms with Crippen molar-refractivity contribution in [1.29, 1.82) is 0 Å². The van der Waals surface area contributed by atoms with E-state index in [0.717, 1.165) is 16.9 Å². The molecule has 0 fully saturated rings. The van der Waals surface area contributed by atoms with Gasteiger partial charge in [0.15, 0.2) is 11.5 Å². The molecule has 1 amide bonds. The van der Waals surface area contributed by atoms with E-state index in [9.17, 15) is 4.79 Å². The summed E-state index contributed by atoms with van der Waals surface area (Å²) in [7, 11) is 0. The summed E-state index contributed by atoms with van der Waals surface area (Å²) in [5.41, 5.74) is 1.83. The van der Waals surface area contributed by atoms with Crippen LogP contribution in [0.4, 0.5) is 10.7 Å². The van der Waals surface area contributed by atoms with E-state index in [1.54, 1.807) is 19.1 Å². The number of amides is 1. The minimum atomic E-state index is -0.439. The van der Waals surface area contributed by atoms with E-state index in [-0.39, 0.29) is 6.79 Å². The number of furan rings is 1. The van der Waals surface area contributed by atoms with E-state index in [0.29, 0.717) is 31.2 Å². The SMILES string of the molecule is C=C(CCN(C(=O)OCC)c1ccco1)c1ccc2c(c1)OCO2. The van der Waals surface area contributed by atoms with Crippen molar-refractivity contribution in [3.05, 3.63) is 48.7 Å². The van der Waals surface area contributed by atoms with Crippen LogP contribution in [0.2, 0.25) is 0 Å². The van der Waals surface area contributed by atoms with Crippen LogP contribution >= 0.6 is 0 Å². The van der Waals surface area contributed by atoms with Crippen molar-refractivity contribution in [2.75, 3.05) is 24.8 Å². The molecule has 0 unspecified atom stereocenters. The number of ether oxygens (including phenoxy) is 3. The highest BCUT2D eigenvalue weighted by Crippen LogP contribution is 2.34. The number of carbonyl (C=O) groups is 1. The lowest BCUT2D eigenvalue weighted by Crippen LogP contribution is -2.32. The Labute approximate surface area is 140 Å². The number of benzene rings is 1. The summed E-state index contributed by atoms with van der Waals surface area (Å²) in [5, 5.41) is 0. The first-order valence-electron chi connectivity index (χ1n) is 7.74. The molecular weight excluding hydrogens is 310 g/mol. The zero-order chi connectivity index (χ0) is 16.9. The number of hydrogen-bond donors (Lipinski definition) is 0. The van der Waals surface area contributed by atoms with Crippen molar-refractivity contribution in [2.24, 2.45) is 0 Å². The summed E-state index contributed by atoms with van der Waals surface area (Å²) < 4.78 is 21.1. The number of nitrogens with zero attached hydrogens (tertiary/aromatic N) is 1. The van der Waals surface area contributed by atoms with Gasteiger partial charge in [-0.1, -0.05) is 12.6 Å². The van der Waals surface area contributed by atoms with Gasteiger partial charge in [0.05, 0.1) is 12.9 Å². The Morgan fingerprint density at radius 1 is 1.29 bits per heavy atom. The third-order valence-electron chi connectivity index (χ3n) is 3.68. The second kappa shape index (κ2) is 7.12. The number of hydrogen-bond acceptors (Lipinski definition) is 5. The molecule has 0 atom stereocenters. The fourth-order valence-electron chi connectivity index (χ4n) is 2.42. The average Bonchev–Trinajstić information content (AvgIpc) is 3.26. The molecular formula is C18H19NO5. The summed E-state index contributed by atoms with van der Waals surface area (Å²) >= 11 is 0. The van der Waals surface area contributed by atoms with Crippen LogP contribution in [-0.4, -0.2) is 26.0 Å². The minimum absolute atomic E-state index is 0.237. The Bertz CT molecular complexity index is 723. The van der Waals surface area contributed by atoms with Gasteiger partial charge >= 0.3 is 6.09 Å². The summed E-state index contributed by atoms with van der Waals surface area (Å²) in [5.74, 6) is 1.89. The maximum absolute atomic E-state index is 12.1. The van der Waals surface area contributed by atoms with Crippen LogP contribution in [0.5, 0.6) is 11.5 Å². The van der Waals surface area contributed by atoms with Crippen molar-refractivity contribution in [1.82, 2.24) is 0 Å². The van der Waals surface area contributed by atoms with Gasteiger partial charge in [-0.25, -0.2) is 9.69 Å². The first-order valence-corrected chi connectivity index (χ1v) is 7.74. The van der Waals surface area contributed by atoms with Crippen molar-refractivity contribution >= 4 is 17.6 Å². The first kappa shape index (κ1) is 16.0. The second-order valence-corrected chi connectivity index (χ2v) is 5.22. The molecule has 0 radical (unpaired) electrons. The molecule has 0 spiro atoms. The van der Waals surface area contributed by atoms with E-state index in [2.05, 4.69) is 6.58 Å². The highest BCUT2D eigenvalue weighted by Gasteiger charge is 2.20. The molecule has 2 aromatic rings. The maximum Gasteiger partial charge on any atom is 0.416 e. The third kappa shape index (κ3) is 3.37. The van der Waals surface area contributed by atoms with Gasteiger partial charge in [0.2, 0.25) is 12.7 Å². The van der Waals surface area contributed by atoms with Gasteiger partial charge in [0, 0.05) is 12.6 Å². The van der Waals surface area contributed by atoms with E-state index in [4.69, 9.17) is 18.6 Å². The summed E-state index contributed by atoms with van der Waals surface area (Å²) in [4.78, 5) is 13.6. The lowest BCUT2D eigenvalue weighted by atomic mass is 10.0. The molecule has 3 rings (SSSR count). The minimum Gasteiger partial charge on any atom is -0.454 e. The summed E-state index contributed by atoms with van der Waals surface area (Å²) in [6.07, 6.45) is 1.65. The van der Waals surface area contributed by atoms with Gasteiger partial charge in [-0.05, 0) is 42.7 Å². The maximum atomic E-state index is 12.1. The molecule has 2 heterocycles. The number of rotatable bonds is 6. The van der Waals surface area contributed by atoms with Crippen molar-refractivity contribution in [3.8, 4) is 11.5 Å². The monoisotopic (exact) mass is 329 g/mol.